The number of hydrogen-bond donors (Lipinski definition) is 2. The van der Waals surface area contributed by atoms with Gasteiger partial charge in [-0.15, -0.1) is 0 Å². The van der Waals surface area contributed by atoms with E-state index < -0.39 is 0 Å². The van der Waals surface area contributed by atoms with Crippen molar-refractivity contribution in [1.82, 2.24) is 10.3 Å². The summed E-state index contributed by atoms with van der Waals surface area (Å²) in [6.45, 7) is 2.53. The molecule has 0 aliphatic heterocycles. The van der Waals surface area contributed by atoms with Crippen LogP contribution in [0.2, 0.25) is 0 Å². The summed E-state index contributed by atoms with van der Waals surface area (Å²) < 4.78 is 0. The first-order chi connectivity index (χ1) is 11.2. The SMILES string of the molecule is Cc1nc(-c2ccsc2)ccc1C(=O)NC1CCCCC1CN. The van der Waals surface area contributed by atoms with Gasteiger partial charge in [0.15, 0.2) is 0 Å². The zero-order chi connectivity index (χ0) is 16.2. The number of nitrogens with two attached hydrogens (primary N) is 1. The molecule has 1 aliphatic rings. The lowest BCUT2D eigenvalue weighted by Gasteiger charge is -2.31. The number of carbonyl (C=O) groups is 1. The Morgan fingerprint density at radius 2 is 2.17 bits per heavy atom. The standard InChI is InChI=1S/C18H23N3OS/c1-12-15(6-7-17(20-12)14-8-9-23-11-14)18(22)21-16-5-3-2-4-13(16)10-19/h6-9,11,13,16H,2-5,10,19H2,1H3,(H,21,22). The van der Waals surface area contributed by atoms with Crippen molar-refractivity contribution in [3.05, 3.63) is 40.2 Å². The molecule has 2 unspecified atom stereocenters. The van der Waals surface area contributed by atoms with Gasteiger partial charge in [-0.3, -0.25) is 9.78 Å². The minimum absolute atomic E-state index is 0.0304. The summed E-state index contributed by atoms with van der Waals surface area (Å²) in [6.07, 6.45) is 4.50. The van der Waals surface area contributed by atoms with Gasteiger partial charge in [0.1, 0.15) is 0 Å². The largest absolute Gasteiger partial charge is 0.349 e. The summed E-state index contributed by atoms with van der Waals surface area (Å²) in [4.78, 5) is 17.2. The summed E-state index contributed by atoms with van der Waals surface area (Å²) in [5.41, 5.74) is 9.29. The zero-order valence-corrected chi connectivity index (χ0v) is 14.2. The Morgan fingerprint density at radius 1 is 1.35 bits per heavy atom. The number of pyridine rings is 1. The van der Waals surface area contributed by atoms with Crippen LogP contribution in [0, 0.1) is 12.8 Å². The van der Waals surface area contributed by atoms with Crippen LogP contribution in [0.3, 0.4) is 0 Å². The van der Waals surface area contributed by atoms with Gasteiger partial charge in [-0.2, -0.15) is 11.3 Å². The summed E-state index contributed by atoms with van der Waals surface area (Å²) in [7, 11) is 0. The molecule has 0 saturated heterocycles. The third kappa shape index (κ3) is 3.62. The van der Waals surface area contributed by atoms with Crippen LogP contribution in [0.1, 0.15) is 41.7 Å². The van der Waals surface area contributed by atoms with Gasteiger partial charge >= 0.3 is 0 Å². The van der Waals surface area contributed by atoms with E-state index in [1.54, 1.807) is 11.3 Å². The summed E-state index contributed by atoms with van der Waals surface area (Å²) in [6, 6.07) is 6.04. The van der Waals surface area contributed by atoms with Crippen LogP contribution in [0.25, 0.3) is 11.3 Å². The predicted octanol–water partition coefficient (Wildman–Crippen LogP) is 3.37. The van der Waals surface area contributed by atoms with Crippen molar-refractivity contribution in [2.24, 2.45) is 11.7 Å². The average Bonchev–Trinajstić information content (AvgIpc) is 3.09. The molecule has 0 radical (unpaired) electrons. The van der Waals surface area contributed by atoms with E-state index in [0.717, 1.165) is 36.2 Å². The molecule has 1 saturated carbocycles. The minimum atomic E-state index is -0.0304. The first-order valence-electron chi connectivity index (χ1n) is 8.20. The molecule has 2 aromatic rings. The zero-order valence-electron chi connectivity index (χ0n) is 13.4. The van der Waals surface area contributed by atoms with Crippen LogP contribution in [0.5, 0.6) is 0 Å². The number of thiophene rings is 1. The second kappa shape index (κ2) is 7.23. The lowest BCUT2D eigenvalue weighted by Crippen LogP contribution is -2.44. The molecule has 2 heterocycles. The third-order valence-corrected chi connectivity index (χ3v) is 5.36. The first kappa shape index (κ1) is 16.1. The Hall–Kier alpha value is -1.72. The number of nitrogens with zero attached hydrogens (tertiary/aromatic N) is 1. The maximum atomic E-state index is 12.6. The van der Waals surface area contributed by atoms with Gasteiger partial charge in [0.05, 0.1) is 17.0 Å². The molecule has 3 rings (SSSR count). The van der Waals surface area contributed by atoms with E-state index in [2.05, 4.69) is 15.7 Å². The van der Waals surface area contributed by atoms with Crippen molar-refractivity contribution in [2.45, 2.75) is 38.6 Å². The van der Waals surface area contributed by atoms with Crippen molar-refractivity contribution in [3.63, 3.8) is 0 Å². The van der Waals surface area contributed by atoms with E-state index in [1.807, 2.05) is 30.5 Å². The van der Waals surface area contributed by atoms with Gasteiger partial charge in [0, 0.05) is 17.0 Å². The average molecular weight is 329 g/mol. The van der Waals surface area contributed by atoms with E-state index >= 15 is 0 Å². The van der Waals surface area contributed by atoms with Gasteiger partial charge in [0.25, 0.3) is 5.91 Å². The molecular weight excluding hydrogens is 306 g/mol. The molecular formula is C18H23N3OS. The molecule has 4 nitrogen and oxygen atoms in total. The molecule has 3 N–H and O–H groups in total. The molecule has 5 heteroatoms. The number of hydrogen-bond acceptors (Lipinski definition) is 4. The maximum absolute atomic E-state index is 12.6. The molecule has 0 aromatic carbocycles. The number of aryl methyl sites for hydroxylation is 1. The molecule has 1 amide bonds. The topological polar surface area (TPSA) is 68.0 Å². The fourth-order valence-electron chi connectivity index (χ4n) is 3.30. The number of carbonyl (C=O) groups excluding carboxylic acids is 1. The maximum Gasteiger partial charge on any atom is 0.253 e. The molecule has 2 atom stereocenters. The predicted molar refractivity (Wildman–Crippen MR) is 94.6 cm³/mol. The lowest BCUT2D eigenvalue weighted by molar-refractivity contribution is 0.0907. The van der Waals surface area contributed by atoms with Crippen molar-refractivity contribution in [1.29, 1.82) is 0 Å². The third-order valence-electron chi connectivity index (χ3n) is 4.68. The van der Waals surface area contributed by atoms with Gasteiger partial charge in [-0.05, 0) is 55.8 Å². The van der Waals surface area contributed by atoms with Crippen LogP contribution in [-0.4, -0.2) is 23.5 Å². The summed E-state index contributed by atoms with van der Waals surface area (Å²) >= 11 is 1.65. The highest BCUT2D eigenvalue weighted by Crippen LogP contribution is 2.25. The highest BCUT2D eigenvalue weighted by Gasteiger charge is 2.26. The summed E-state index contributed by atoms with van der Waals surface area (Å²) in [5, 5.41) is 7.27. The Morgan fingerprint density at radius 3 is 2.87 bits per heavy atom. The van der Waals surface area contributed by atoms with E-state index in [1.165, 1.54) is 6.42 Å². The van der Waals surface area contributed by atoms with Crippen LogP contribution in [0.4, 0.5) is 0 Å². The van der Waals surface area contributed by atoms with E-state index in [-0.39, 0.29) is 11.9 Å². The van der Waals surface area contributed by atoms with Crippen molar-refractivity contribution < 1.29 is 4.79 Å². The van der Waals surface area contributed by atoms with Crippen LogP contribution < -0.4 is 11.1 Å². The molecule has 0 bridgehead atoms. The highest BCUT2D eigenvalue weighted by atomic mass is 32.1. The molecule has 0 spiro atoms. The van der Waals surface area contributed by atoms with Crippen LogP contribution in [0.15, 0.2) is 29.0 Å². The van der Waals surface area contributed by atoms with E-state index in [0.29, 0.717) is 18.0 Å². The monoisotopic (exact) mass is 329 g/mol. The molecule has 1 aliphatic carbocycles. The second-order valence-electron chi connectivity index (χ2n) is 6.20. The molecule has 1 fully saturated rings. The Labute approximate surface area is 141 Å². The van der Waals surface area contributed by atoms with Crippen LogP contribution >= 0.6 is 11.3 Å². The van der Waals surface area contributed by atoms with Crippen LogP contribution in [-0.2, 0) is 0 Å². The van der Waals surface area contributed by atoms with E-state index in [9.17, 15) is 4.79 Å². The van der Waals surface area contributed by atoms with Crippen molar-refractivity contribution in [3.8, 4) is 11.3 Å². The fourth-order valence-corrected chi connectivity index (χ4v) is 3.95. The molecule has 2 aromatic heterocycles. The summed E-state index contributed by atoms with van der Waals surface area (Å²) in [5.74, 6) is 0.364. The fraction of sp³-hybridized carbons (Fsp3) is 0.444. The molecule has 23 heavy (non-hydrogen) atoms. The van der Waals surface area contributed by atoms with E-state index in [4.69, 9.17) is 5.73 Å². The molecule has 122 valence electrons. The van der Waals surface area contributed by atoms with Gasteiger partial charge in [-0.25, -0.2) is 0 Å². The Kier molecular flexibility index (Phi) is 5.08. The smallest absolute Gasteiger partial charge is 0.253 e. The van der Waals surface area contributed by atoms with Gasteiger partial charge in [0.2, 0.25) is 0 Å². The van der Waals surface area contributed by atoms with Gasteiger partial charge in [-0.1, -0.05) is 12.8 Å². The van der Waals surface area contributed by atoms with Crippen molar-refractivity contribution in [2.75, 3.05) is 6.54 Å². The Bertz CT molecular complexity index is 669. The second-order valence-corrected chi connectivity index (χ2v) is 6.98. The normalized spacial score (nSPS) is 21.1. The Balaban J connectivity index is 1.74. The first-order valence-corrected chi connectivity index (χ1v) is 9.14. The number of rotatable bonds is 4. The minimum Gasteiger partial charge on any atom is -0.349 e. The van der Waals surface area contributed by atoms with Crippen molar-refractivity contribution >= 4 is 17.2 Å². The lowest BCUT2D eigenvalue weighted by atomic mass is 9.84. The number of amides is 1. The quantitative estimate of drug-likeness (QED) is 0.903. The number of aromatic nitrogens is 1. The van der Waals surface area contributed by atoms with Gasteiger partial charge < -0.3 is 11.1 Å². The highest BCUT2D eigenvalue weighted by molar-refractivity contribution is 7.08. The number of nitrogens with one attached hydrogen (secondary N) is 1.